The minimum absolute atomic E-state index is 0.611. The van der Waals surface area contributed by atoms with E-state index >= 15 is 0 Å². The van der Waals surface area contributed by atoms with E-state index in [1.165, 1.54) is 24.0 Å². The molecular formula is C19H20N4O. The highest BCUT2D eigenvalue weighted by molar-refractivity contribution is 5.55. The zero-order valence-electron chi connectivity index (χ0n) is 13.7. The second kappa shape index (κ2) is 6.53. The minimum Gasteiger partial charge on any atom is -0.338 e. The molecule has 24 heavy (non-hydrogen) atoms. The fraction of sp³-hybridized carbons (Fsp3) is 0.316. The van der Waals surface area contributed by atoms with Gasteiger partial charge in [0, 0.05) is 30.5 Å². The highest BCUT2D eigenvalue weighted by Gasteiger charge is 2.30. The maximum absolute atomic E-state index is 5.49. The van der Waals surface area contributed by atoms with Crippen LogP contribution in [0, 0.1) is 6.92 Å². The number of aryl methyl sites for hydroxylation is 1. The first-order chi connectivity index (χ1) is 11.8. The summed E-state index contributed by atoms with van der Waals surface area (Å²) in [5.74, 6) is 1.33. The molecule has 0 aliphatic heterocycles. The van der Waals surface area contributed by atoms with Crippen molar-refractivity contribution in [1.82, 2.24) is 20.0 Å². The van der Waals surface area contributed by atoms with Crippen LogP contribution in [-0.4, -0.2) is 26.1 Å². The molecule has 5 heteroatoms. The summed E-state index contributed by atoms with van der Waals surface area (Å²) >= 11 is 0. The fourth-order valence-electron chi connectivity index (χ4n) is 2.87. The molecular weight excluding hydrogens is 300 g/mol. The first kappa shape index (κ1) is 15.0. The summed E-state index contributed by atoms with van der Waals surface area (Å²) in [4.78, 5) is 11.2. The van der Waals surface area contributed by atoms with Gasteiger partial charge in [0.15, 0.2) is 0 Å². The third-order valence-electron chi connectivity index (χ3n) is 4.25. The standard InChI is InChI=1S/C19H20N4O/c1-14-4-2-6-16(10-14)19-21-18(24-22-19)13-23(17-7-8-17)12-15-5-3-9-20-11-15/h2-6,9-11,17H,7-8,12-13H2,1H3. The van der Waals surface area contributed by atoms with Crippen molar-refractivity contribution in [2.24, 2.45) is 0 Å². The van der Waals surface area contributed by atoms with Crippen molar-refractivity contribution in [1.29, 1.82) is 0 Å². The number of benzene rings is 1. The third-order valence-corrected chi connectivity index (χ3v) is 4.25. The van der Waals surface area contributed by atoms with Crippen molar-refractivity contribution in [2.45, 2.75) is 38.9 Å². The van der Waals surface area contributed by atoms with E-state index < -0.39 is 0 Å². The van der Waals surface area contributed by atoms with Crippen LogP contribution in [0.25, 0.3) is 11.4 Å². The third kappa shape index (κ3) is 3.51. The van der Waals surface area contributed by atoms with Crippen molar-refractivity contribution in [2.75, 3.05) is 0 Å². The molecule has 0 unspecified atom stereocenters. The van der Waals surface area contributed by atoms with Crippen LogP contribution in [0.4, 0.5) is 0 Å². The topological polar surface area (TPSA) is 55.1 Å². The fourth-order valence-corrected chi connectivity index (χ4v) is 2.87. The Labute approximate surface area is 141 Å². The van der Waals surface area contributed by atoms with Gasteiger partial charge in [-0.2, -0.15) is 4.98 Å². The molecule has 1 aliphatic carbocycles. The van der Waals surface area contributed by atoms with E-state index in [1.54, 1.807) is 6.20 Å². The van der Waals surface area contributed by atoms with Crippen LogP contribution in [-0.2, 0) is 13.1 Å². The second-order valence-corrected chi connectivity index (χ2v) is 6.38. The van der Waals surface area contributed by atoms with E-state index in [0.717, 1.165) is 12.1 Å². The average Bonchev–Trinajstić information content (AvgIpc) is 3.35. The van der Waals surface area contributed by atoms with Crippen LogP contribution < -0.4 is 0 Å². The highest BCUT2D eigenvalue weighted by atomic mass is 16.5. The smallest absolute Gasteiger partial charge is 0.241 e. The zero-order valence-corrected chi connectivity index (χ0v) is 13.7. The van der Waals surface area contributed by atoms with Crippen LogP contribution in [0.3, 0.4) is 0 Å². The van der Waals surface area contributed by atoms with E-state index in [-0.39, 0.29) is 0 Å². The van der Waals surface area contributed by atoms with E-state index in [0.29, 0.717) is 24.3 Å². The first-order valence-electron chi connectivity index (χ1n) is 8.30. The van der Waals surface area contributed by atoms with Gasteiger partial charge in [-0.15, -0.1) is 0 Å². The second-order valence-electron chi connectivity index (χ2n) is 6.38. The summed E-state index contributed by atoms with van der Waals surface area (Å²) in [7, 11) is 0. The van der Waals surface area contributed by atoms with Gasteiger partial charge < -0.3 is 4.52 Å². The Morgan fingerprint density at radius 3 is 2.83 bits per heavy atom. The number of rotatable bonds is 6. The Balaban J connectivity index is 1.49. The normalized spacial score (nSPS) is 14.2. The molecule has 0 radical (unpaired) electrons. The molecule has 0 bridgehead atoms. The van der Waals surface area contributed by atoms with Crippen LogP contribution in [0.1, 0.15) is 29.9 Å². The van der Waals surface area contributed by atoms with Gasteiger partial charge in [0.2, 0.25) is 11.7 Å². The van der Waals surface area contributed by atoms with Crippen molar-refractivity contribution >= 4 is 0 Å². The van der Waals surface area contributed by atoms with Gasteiger partial charge in [-0.1, -0.05) is 35.0 Å². The van der Waals surface area contributed by atoms with Crippen molar-refractivity contribution < 1.29 is 4.52 Å². The molecule has 1 aliphatic rings. The molecule has 4 rings (SSSR count). The molecule has 0 amide bonds. The molecule has 1 fully saturated rings. The monoisotopic (exact) mass is 320 g/mol. The Morgan fingerprint density at radius 2 is 2.08 bits per heavy atom. The molecule has 2 heterocycles. The van der Waals surface area contributed by atoms with Gasteiger partial charge in [-0.25, -0.2) is 0 Å². The van der Waals surface area contributed by atoms with E-state index in [9.17, 15) is 0 Å². The van der Waals surface area contributed by atoms with Crippen molar-refractivity contribution in [3.8, 4) is 11.4 Å². The van der Waals surface area contributed by atoms with Crippen molar-refractivity contribution in [3.63, 3.8) is 0 Å². The molecule has 1 saturated carbocycles. The summed E-state index contributed by atoms with van der Waals surface area (Å²) in [6.45, 7) is 3.60. The first-order valence-corrected chi connectivity index (χ1v) is 8.30. The lowest BCUT2D eigenvalue weighted by Crippen LogP contribution is -2.25. The SMILES string of the molecule is Cc1cccc(-c2noc(CN(Cc3cccnc3)C3CC3)n2)c1. The molecule has 0 atom stereocenters. The Bertz CT molecular complexity index is 811. The van der Waals surface area contributed by atoms with Gasteiger partial charge in [-0.3, -0.25) is 9.88 Å². The summed E-state index contributed by atoms with van der Waals surface area (Å²) in [6, 6.07) is 12.8. The van der Waals surface area contributed by atoms with Gasteiger partial charge in [0.05, 0.1) is 6.54 Å². The lowest BCUT2D eigenvalue weighted by atomic mass is 10.1. The molecule has 0 saturated heterocycles. The molecule has 0 spiro atoms. The lowest BCUT2D eigenvalue weighted by Gasteiger charge is -2.19. The Morgan fingerprint density at radius 1 is 1.17 bits per heavy atom. The lowest BCUT2D eigenvalue weighted by molar-refractivity contribution is 0.209. The van der Waals surface area contributed by atoms with Crippen LogP contribution in [0.15, 0.2) is 53.3 Å². The number of aromatic nitrogens is 3. The zero-order chi connectivity index (χ0) is 16.4. The molecule has 3 aromatic rings. The van der Waals surface area contributed by atoms with E-state index in [1.807, 2.05) is 24.4 Å². The largest absolute Gasteiger partial charge is 0.338 e. The number of pyridine rings is 1. The van der Waals surface area contributed by atoms with E-state index in [4.69, 9.17) is 4.52 Å². The number of hydrogen-bond acceptors (Lipinski definition) is 5. The Kier molecular flexibility index (Phi) is 4.09. The highest BCUT2D eigenvalue weighted by Crippen LogP contribution is 2.29. The van der Waals surface area contributed by atoms with E-state index in [2.05, 4.69) is 45.1 Å². The maximum Gasteiger partial charge on any atom is 0.241 e. The summed E-state index contributed by atoms with van der Waals surface area (Å²) < 4.78 is 5.49. The quantitative estimate of drug-likeness (QED) is 0.694. The molecule has 122 valence electrons. The summed E-state index contributed by atoms with van der Waals surface area (Å²) in [5.41, 5.74) is 3.40. The van der Waals surface area contributed by atoms with Gasteiger partial charge in [0.25, 0.3) is 0 Å². The predicted octanol–water partition coefficient (Wildman–Crippen LogP) is 3.60. The molecule has 1 aromatic carbocycles. The van der Waals surface area contributed by atoms with Gasteiger partial charge in [0.1, 0.15) is 0 Å². The Hall–Kier alpha value is -2.53. The van der Waals surface area contributed by atoms with Gasteiger partial charge in [-0.05, 0) is 37.5 Å². The van der Waals surface area contributed by atoms with Crippen molar-refractivity contribution in [3.05, 3.63) is 65.8 Å². The molecule has 0 N–H and O–H groups in total. The molecule has 2 aromatic heterocycles. The van der Waals surface area contributed by atoms with Crippen LogP contribution >= 0.6 is 0 Å². The van der Waals surface area contributed by atoms with Crippen LogP contribution in [0.2, 0.25) is 0 Å². The van der Waals surface area contributed by atoms with Gasteiger partial charge >= 0.3 is 0 Å². The summed E-state index contributed by atoms with van der Waals surface area (Å²) in [6.07, 6.45) is 6.19. The summed E-state index contributed by atoms with van der Waals surface area (Å²) in [5, 5.41) is 4.14. The molecule has 5 nitrogen and oxygen atoms in total. The number of hydrogen-bond donors (Lipinski definition) is 0. The van der Waals surface area contributed by atoms with Crippen LogP contribution in [0.5, 0.6) is 0 Å². The predicted molar refractivity (Wildman–Crippen MR) is 91.0 cm³/mol. The number of nitrogens with zero attached hydrogens (tertiary/aromatic N) is 4. The minimum atomic E-state index is 0.611. The maximum atomic E-state index is 5.49. The average molecular weight is 320 g/mol.